The van der Waals surface area contributed by atoms with Gasteiger partial charge in [-0.15, -0.1) is 0 Å². The number of halogens is 4. The van der Waals surface area contributed by atoms with E-state index < -0.39 is 17.8 Å². The maximum atomic E-state index is 13.6. The summed E-state index contributed by atoms with van der Waals surface area (Å²) in [6, 6.07) is 11.0. The van der Waals surface area contributed by atoms with Gasteiger partial charge in [0.15, 0.2) is 0 Å². The van der Waals surface area contributed by atoms with E-state index in [9.17, 15) is 22.8 Å². The van der Waals surface area contributed by atoms with Gasteiger partial charge in [0.25, 0.3) is 5.91 Å². The molecule has 1 aliphatic heterocycles. The van der Waals surface area contributed by atoms with Crippen molar-refractivity contribution in [2.24, 2.45) is 0 Å². The van der Waals surface area contributed by atoms with Crippen LogP contribution >= 0.6 is 11.6 Å². The van der Waals surface area contributed by atoms with E-state index in [0.29, 0.717) is 48.0 Å². The largest absolute Gasteiger partial charge is 0.416 e. The van der Waals surface area contributed by atoms with Crippen LogP contribution in [0.4, 0.5) is 18.9 Å². The number of carbonyl (C=O) groups is 2. The number of rotatable bonds is 6. The molecule has 4 rings (SSSR count). The number of aromatic nitrogens is 1. The van der Waals surface area contributed by atoms with Gasteiger partial charge in [0.05, 0.1) is 16.1 Å². The maximum absolute atomic E-state index is 13.6. The van der Waals surface area contributed by atoms with E-state index >= 15 is 0 Å². The standard InChI is InChI=1S/C26H24ClF3N4O2/c1-31-24-6-5-19(18-3-2-4-20(10-18)26(28,29)30)11-23(24)25(36)34-8-7-33(15-22(34)16-35)14-17-9-21(27)13-32-12-17/h2-6,9-13,16,22,31H,7-8,14-15H2,1H3. The molecule has 188 valence electrons. The number of piperazine rings is 1. The Hall–Kier alpha value is -3.43. The first-order chi connectivity index (χ1) is 17.2. The van der Waals surface area contributed by atoms with Crippen molar-refractivity contribution in [3.8, 4) is 11.1 Å². The molecule has 1 atom stereocenters. The van der Waals surface area contributed by atoms with Crippen LogP contribution < -0.4 is 5.32 Å². The second-order valence-electron chi connectivity index (χ2n) is 8.54. The van der Waals surface area contributed by atoms with E-state index in [2.05, 4.69) is 10.3 Å². The number of benzene rings is 2. The molecule has 1 N–H and O–H groups in total. The van der Waals surface area contributed by atoms with Crippen LogP contribution in [0.1, 0.15) is 21.5 Å². The first-order valence-electron chi connectivity index (χ1n) is 11.3. The molecular weight excluding hydrogens is 493 g/mol. The Morgan fingerprint density at radius 3 is 2.61 bits per heavy atom. The molecule has 3 aromatic rings. The lowest BCUT2D eigenvalue weighted by Crippen LogP contribution is -2.55. The summed E-state index contributed by atoms with van der Waals surface area (Å²) >= 11 is 6.02. The minimum atomic E-state index is -4.47. The van der Waals surface area contributed by atoms with Crippen molar-refractivity contribution in [3.05, 3.63) is 82.6 Å². The van der Waals surface area contributed by atoms with Crippen molar-refractivity contribution in [2.75, 3.05) is 32.0 Å². The van der Waals surface area contributed by atoms with Gasteiger partial charge >= 0.3 is 6.18 Å². The Morgan fingerprint density at radius 2 is 1.92 bits per heavy atom. The van der Waals surface area contributed by atoms with Crippen LogP contribution in [0.5, 0.6) is 0 Å². The summed E-state index contributed by atoms with van der Waals surface area (Å²) in [7, 11) is 1.66. The van der Waals surface area contributed by atoms with Crippen molar-refractivity contribution < 1.29 is 22.8 Å². The Bertz CT molecular complexity index is 1270. The van der Waals surface area contributed by atoms with Crippen molar-refractivity contribution in [1.29, 1.82) is 0 Å². The summed E-state index contributed by atoms with van der Waals surface area (Å²) in [4.78, 5) is 33.2. The van der Waals surface area contributed by atoms with Crippen LogP contribution in [0.25, 0.3) is 11.1 Å². The van der Waals surface area contributed by atoms with Gasteiger partial charge in [0.1, 0.15) is 12.3 Å². The van der Waals surface area contributed by atoms with Crippen molar-refractivity contribution in [1.82, 2.24) is 14.8 Å². The van der Waals surface area contributed by atoms with E-state index in [1.165, 1.54) is 11.0 Å². The summed E-state index contributed by atoms with van der Waals surface area (Å²) in [5.41, 5.74) is 1.75. The molecule has 10 heteroatoms. The normalized spacial score (nSPS) is 16.6. The molecule has 0 saturated carbocycles. The lowest BCUT2D eigenvalue weighted by Gasteiger charge is -2.39. The average molecular weight is 517 g/mol. The van der Waals surface area contributed by atoms with Crippen LogP contribution in [-0.4, -0.2) is 59.7 Å². The average Bonchev–Trinajstić information content (AvgIpc) is 2.87. The zero-order valence-corrected chi connectivity index (χ0v) is 20.2. The SMILES string of the molecule is CNc1ccc(-c2cccc(C(F)(F)F)c2)cc1C(=O)N1CCN(Cc2cncc(Cl)c2)CC1C=O. The molecule has 1 unspecified atom stereocenters. The lowest BCUT2D eigenvalue weighted by molar-refractivity contribution is -0.137. The van der Waals surface area contributed by atoms with E-state index in [1.54, 1.807) is 49.8 Å². The number of nitrogens with zero attached hydrogens (tertiary/aromatic N) is 3. The highest BCUT2D eigenvalue weighted by atomic mass is 35.5. The third-order valence-corrected chi connectivity index (χ3v) is 6.34. The molecule has 6 nitrogen and oxygen atoms in total. The Balaban J connectivity index is 1.57. The fourth-order valence-corrected chi connectivity index (χ4v) is 4.53. The monoisotopic (exact) mass is 516 g/mol. The molecule has 36 heavy (non-hydrogen) atoms. The lowest BCUT2D eigenvalue weighted by atomic mass is 9.98. The van der Waals surface area contributed by atoms with Gasteiger partial charge in [-0.1, -0.05) is 29.8 Å². The summed E-state index contributed by atoms with van der Waals surface area (Å²) in [6.45, 7) is 1.72. The Morgan fingerprint density at radius 1 is 1.14 bits per heavy atom. The molecule has 2 heterocycles. The second kappa shape index (κ2) is 10.7. The van der Waals surface area contributed by atoms with Gasteiger partial charge in [0, 0.05) is 51.3 Å². The van der Waals surface area contributed by atoms with Gasteiger partial charge in [-0.25, -0.2) is 0 Å². The molecule has 2 aromatic carbocycles. The predicted molar refractivity (Wildman–Crippen MR) is 132 cm³/mol. The molecule has 1 aromatic heterocycles. The molecule has 0 aliphatic carbocycles. The first-order valence-corrected chi connectivity index (χ1v) is 11.6. The summed E-state index contributed by atoms with van der Waals surface area (Å²) in [5, 5.41) is 3.49. The third kappa shape index (κ3) is 5.68. The number of anilines is 1. The molecule has 0 spiro atoms. The highest BCUT2D eigenvalue weighted by molar-refractivity contribution is 6.30. The van der Waals surface area contributed by atoms with Crippen molar-refractivity contribution >= 4 is 29.5 Å². The summed E-state index contributed by atoms with van der Waals surface area (Å²) in [5.74, 6) is -0.366. The molecule has 1 saturated heterocycles. The highest BCUT2D eigenvalue weighted by Crippen LogP contribution is 2.33. The quantitative estimate of drug-likeness (QED) is 0.468. The minimum absolute atomic E-state index is 0.284. The summed E-state index contributed by atoms with van der Waals surface area (Å²) < 4.78 is 39.6. The number of nitrogens with one attached hydrogen (secondary N) is 1. The van der Waals surface area contributed by atoms with Gasteiger partial charge in [0.2, 0.25) is 0 Å². The zero-order valence-electron chi connectivity index (χ0n) is 19.4. The number of aldehydes is 1. The van der Waals surface area contributed by atoms with Gasteiger partial charge < -0.3 is 15.0 Å². The van der Waals surface area contributed by atoms with Gasteiger partial charge in [-0.05, 0) is 47.0 Å². The number of hydrogen-bond acceptors (Lipinski definition) is 5. The fraction of sp³-hybridized carbons (Fsp3) is 0.269. The van der Waals surface area contributed by atoms with Crippen LogP contribution in [0.15, 0.2) is 60.9 Å². The van der Waals surface area contributed by atoms with Gasteiger partial charge in [-0.3, -0.25) is 14.7 Å². The number of pyridine rings is 1. The molecule has 0 bridgehead atoms. The molecule has 0 radical (unpaired) electrons. The minimum Gasteiger partial charge on any atom is -0.387 e. The number of amides is 1. The van der Waals surface area contributed by atoms with Crippen LogP contribution in [0, 0.1) is 0 Å². The summed E-state index contributed by atoms with van der Waals surface area (Å²) in [6.07, 6.45) is -0.478. The second-order valence-corrected chi connectivity index (χ2v) is 8.97. The van der Waals surface area contributed by atoms with Crippen molar-refractivity contribution in [2.45, 2.75) is 18.8 Å². The van der Waals surface area contributed by atoms with Crippen LogP contribution in [-0.2, 0) is 17.5 Å². The van der Waals surface area contributed by atoms with E-state index in [4.69, 9.17) is 11.6 Å². The fourth-order valence-electron chi connectivity index (χ4n) is 4.33. The molecule has 1 aliphatic rings. The molecule has 1 amide bonds. The zero-order chi connectivity index (χ0) is 25.9. The first kappa shape index (κ1) is 25.7. The number of carbonyl (C=O) groups excluding carboxylic acids is 2. The number of alkyl halides is 3. The Labute approximate surface area is 211 Å². The van der Waals surface area contributed by atoms with Crippen LogP contribution in [0.3, 0.4) is 0 Å². The van der Waals surface area contributed by atoms with Gasteiger partial charge in [-0.2, -0.15) is 13.2 Å². The van der Waals surface area contributed by atoms with Crippen molar-refractivity contribution in [3.63, 3.8) is 0 Å². The number of hydrogen-bond donors (Lipinski definition) is 1. The highest BCUT2D eigenvalue weighted by Gasteiger charge is 2.33. The topological polar surface area (TPSA) is 65.5 Å². The predicted octanol–water partition coefficient (Wildman–Crippen LogP) is 4.99. The van der Waals surface area contributed by atoms with Crippen LogP contribution in [0.2, 0.25) is 5.02 Å². The molecular formula is C26H24ClF3N4O2. The van der Waals surface area contributed by atoms with E-state index in [1.807, 2.05) is 4.90 Å². The third-order valence-electron chi connectivity index (χ3n) is 6.13. The van der Waals surface area contributed by atoms with E-state index in [0.717, 1.165) is 24.0 Å². The molecule has 1 fully saturated rings. The maximum Gasteiger partial charge on any atom is 0.416 e. The van der Waals surface area contributed by atoms with E-state index in [-0.39, 0.29) is 11.5 Å². The smallest absolute Gasteiger partial charge is 0.387 e. The Kier molecular flexibility index (Phi) is 7.61.